The maximum absolute atomic E-state index is 12.4. The zero-order chi connectivity index (χ0) is 19.9. The third-order valence-corrected chi connectivity index (χ3v) is 6.21. The van der Waals surface area contributed by atoms with Gasteiger partial charge in [-0.1, -0.05) is 19.1 Å². The number of carbonyl (C=O) groups is 2. The number of thioether (sulfide) groups is 1. The molecule has 4 nitrogen and oxygen atoms in total. The van der Waals surface area contributed by atoms with E-state index in [0.717, 1.165) is 23.7 Å². The van der Waals surface area contributed by atoms with E-state index < -0.39 is 0 Å². The molecule has 0 bridgehead atoms. The summed E-state index contributed by atoms with van der Waals surface area (Å²) in [6, 6.07) is 6.79. The van der Waals surface area contributed by atoms with Crippen LogP contribution in [0.2, 0.25) is 0 Å². The molecule has 0 spiro atoms. The molecule has 1 aromatic rings. The van der Waals surface area contributed by atoms with Crippen molar-refractivity contribution < 1.29 is 9.59 Å². The third kappa shape index (κ3) is 3.57. The second-order valence-corrected chi connectivity index (χ2v) is 9.27. The summed E-state index contributed by atoms with van der Waals surface area (Å²) in [4.78, 5) is 28.7. The average Bonchev–Trinajstić information content (AvgIpc) is 2.82. The van der Waals surface area contributed by atoms with Crippen molar-refractivity contribution in [3.05, 3.63) is 46.9 Å². The molecule has 2 amide bonds. The van der Waals surface area contributed by atoms with Crippen molar-refractivity contribution >= 4 is 34.7 Å². The lowest BCUT2D eigenvalue weighted by Crippen LogP contribution is -2.51. The second-order valence-electron chi connectivity index (χ2n) is 8.28. The predicted octanol–water partition coefficient (Wildman–Crippen LogP) is 5.41. The van der Waals surface area contributed by atoms with Crippen molar-refractivity contribution in [2.75, 3.05) is 11.4 Å². The molecular weight excluding hydrogens is 356 g/mol. The monoisotopic (exact) mass is 384 g/mol. The Morgan fingerprint density at radius 1 is 1.33 bits per heavy atom. The zero-order valence-corrected chi connectivity index (χ0v) is 17.6. The van der Waals surface area contributed by atoms with Gasteiger partial charge in [0.15, 0.2) is 0 Å². The molecule has 2 aliphatic rings. The summed E-state index contributed by atoms with van der Waals surface area (Å²) in [7, 11) is 0. The highest BCUT2D eigenvalue weighted by atomic mass is 32.2. The number of hydrogen-bond donors (Lipinski definition) is 0. The number of rotatable bonds is 4. The molecule has 27 heavy (non-hydrogen) atoms. The quantitative estimate of drug-likeness (QED) is 0.514. The van der Waals surface area contributed by atoms with Gasteiger partial charge in [-0.3, -0.25) is 14.5 Å². The molecule has 1 unspecified atom stereocenters. The Labute approximate surface area is 166 Å². The molecule has 0 aliphatic carbocycles. The first-order valence-corrected chi connectivity index (χ1v) is 10.3. The van der Waals surface area contributed by atoms with Crippen molar-refractivity contribution in [3.8, 4) is 0 Å². The van der Waals surface area contributed by atoms with Gasteiger partial charge in [0.1, 0.15) is 0 Å². The minimum absolute atomic E-state index is 0.107. The number of carbonyl (C=O) groups excluding carboxylic acids is 2. The van der Waals surface area contributed by atoms with E-state index in [1.807, 2.05) is 12.1 Å². The van der Waals surface area contributed by atoms with Gasteiger partial charge in [0.2, 0.25) is 0 Å². The van der Waals surface area contributed by atoms with Gasteiger partial charge in [-0.05, 0) is 81.1 Å². The fourth-order valence-corrected chi connectivity index (χ4v) is 5.32. The van der Waals surface area contributed by atoms with Crippen molar-refractivity contribution in [2.24, 2.45) is 0 Å². The Morgan fingerprint density at radius 2 is 2.04 bits per heavy atom. The van der Waals surface area contributed by atoms with Crippen LogP contribution < -0.4 is 4.90 Å². The first-order chi connectivity index (χ1) is 12.7. The standard InChI is InChI=1S/C22H28N2O2S/c1-7-10-23-20(25)19(27-21(23)26)12-16-8-9-18-17(11-16)15(4)13-22(5,6)24(18)14(2)3/h7-9,11-12,14-15H,1,10,13H2,2-6H3/b19-12-. The fraction of sp³-hybridized carbons (Fsp3) is 0.455. The van der Waals surface area contributed by atoms with E-state index in [1.165, 1.54) is 16.2 Å². The topological polar surface area (TPSA) is 40.6 Å². The minimum atomic E-state index is -0.236. The smallest absolute Gasteiger partial charge is 0.293 e. The molecule has 1 fully saturated rings. The summed E-state index contributed by atoms with van der Waals surface area (Å²) in [5.41, 5.74) is 3.65. The molecule has 0 aromatic heterocycles. The maximum atomic E-state index is 12.4. The summed E-state index contributed by atoms with van der Waals surface area (Å²) in [5.74, 6) is 0.204. The van der Waals surface area contributed by atoms with Gasteiger partial charge >= 0.3 is 0 Å². The van der Waals surface area contributed by atoms with Gasteiger partial charge in [-0.25, -0.2) is 0 Å². The van der Waals surface area contributed by atoms with Gasteiger partial charge in [0, 0.05) is 23.8 Å². The van der Waals surface area contributed by atoms with E-state index in [4.69, 9.17) is 0 Å². The highest BCUT2D eigenvalue weighted by Gasteiger charge is 2.38. The number of amides is 2. The fourth-order valence-electron chi connectivity index (χ4n) is 4.48. The number of anilines is 1. The van der Waals surface area contributed by atoms with Gasteiger partial charge in [0.25, 0.3) is 11.1 Å². The Hall–Kier alpha value is -2.01. The van der Waals surface area contributed by atoms with E-state index >= 15 is 0 Å². The molecule has 1 saturated heterocycles. The van der Waals surface area contributed by atoms with E-state index in [2.05, 4.69) is 58.2 Å². The normalized spacial score (nSPS) is 23.3. The molecule has 1 aromatic carbocycles. The van der Waals surface area contributed by atoms with Crippen LogP contribution in [0.4, 0.5) is 10.5 Å². The summed E-state index contributed by atoms with van der Waals surface area (Å²) in [6.45, 7) is 15.2. The number of imide groups is 1. The zero-order valence-electron chi connectivity index (χ0n) is 16.8. The average molecular weight is 385 g/mol. The Bertz CT molecular complexity index is 826. The van der Waals surface area contributed by atoms with Gasteiger partial charge in [0.05, 0.1) is 4.91 Å². The lowest BCUT2D eigenvalue weighted by atomic mass is 9.79. The molecule has 5 heteroatoms. The molecule has 144 valence electrons. The molecule has 2 heterocycles. The third-order valence-electron chi connectivity index (χ3n) is 5.30. The van der Waals surface area contributed by atoms with Crippen LogP contribution in [0.5, 0.6) is 0 Å². The van der Waals surface area contributed by atoms with Crippen LogP contribution in [0.1, 0.15) is 58.1 Å². The molecule has 3 rings (SSSR count). The summed E-state index contributed by atoms with van der Waals surface area (Å²) in [5, 5.41) is -0.231. The van der Waals surface area contributed by atoms with Crippen molar-refractivity contribution in [2.45, 2.75) is 58.5 Å². The summed E-state index contributed by atoms with van der Waals surface area (Å²) in [6.07, 6.45) is 4.49. The van der Waals surface area contributed by atoms with Gasteiger partial charge < -0.3 is 4.90 Å². The number of nitrogens with zero attached hydrogens (tertiary/aromatic N) is 2. The van der Waals surface area contributed by atoms with Crippen molar-refractivity contribution in [3.63, 3.8) is 0 Å². The number of hydrogen-bond acceptors (Lipinski definition) is 4. The molecule has 1 atom stereocenters. The molecule has 0 saturated carbocycles. The lowest BCUT2D eigenvalue weighted by Gasteiger charge is -2.50. The van der Waals surface area contributed by atoms with E-state index in [1.54, 1.807) is 6.08 Å². The Kier molecular flexibility index (Phi) is 5.26. The van der Waals surface area contributed by atoms with Crippen LogP contribution >= 0.6 is 11.8 Å². The summed E-state index contributed by atoms with van der Waals surface area (Å²) < 4.78 is 0. The van der Waals surface area contributed by atoms with Crippen LogP contribution in [0.3, 0.4) is 0 Å². The van der Waals surface area contributed by atoms with Crippen molar-refractivity contribution in [1.82, 2.24) is 4.90 Å². The predicted molar refractivity (Wildman–Crippen MR) is 114 cm³/mol. The van der Waals surface area contributed by atoms with Gasteiger partial charge in [-0.2, -0.15) is 0 Å². The maximum Gasteiger partial charge on any atom is 0.293 e. The van der Waals surface area contributed by atoms with Crippen LogP contribution in [0.15, 0.2) is 35.8 Å². The van der Waals surface area contributed by atoms with Gasteiger partial charge in [-0.15, -0.1) is 6.58 Å². The largest absolute Gasteiger partial charge is 0.364 e. The van der Waals surface area contributed by atoms with E-state index in [0.29, 0.717) is 16.9 Å². The van der Waals surface area contributed by atoms with Crippen molar-refractivity contribution in [1.29, 1.82) is 0 Å². The van der Waals surface area contributed by atoms with Crippen LogP contribution in [0.25, 0.3) is 6.08 Å². The van der Waals surface area contributed by atoms with Crippen LogP contribution in [-0.4, -0.2) is 34.2 Å². The number of fused-ring (bicyclic) bond motifs is 1. The Balaban J connectivity index is 1.97. The first kappa shape index (κ1) is 19.7. The van der Waals surface area contributed by atoms with Crippen LogP contribution in [-0.2, 0) is 4.79 Å². The highest BCUT2D eigenvalue weighted by Crippen LogP contribution is 2.45. The minimum Gasteiger partial charge on any atom is -0.364 e. The molecule has 0 N–H and O–H groups in total. The second kappa shape index (κ2) is 7.19. The summed E-state index contributed by atoms with van der Waals surface area (Å²) >= 11 is 1.00. The first-order valence-electron chi connectivity index (χ1n) is 9.45. The highest BCUT2D eigenvalue weighted by molar-refractivity contribution is 8.18. The Morgan fingerprint density at radius 3 is 2.67 bits per heavy atom. The van der Waals surface area contributed by atoms with Crippen LogP contribution in [0, 0.1) is 0 Å². The lowest BCUT2D eigenvalue weighted by molar-refractivity contribution is -0.122. The molecular formula is C22H28N2O2S. The SMILES string of the molecule is C=CCN1C(=O)S/C(=C\c2ccc3c(c2)C(C)CC(C)(C)N3C(C)C)C1=O. The van der Waals surface area contributed by atoms with E-state index in [-0.39, 0.29) is 23.2 Å². The van der Waals surface area contributed by atoms with E-state index in [9.17, 15) is 9.59 Å². The molecule has 2 aliphatic heterocycles. The molecule has 0 radical (unpaired) electrons. The number of benzene rings is 1.